The zero-order valence-corrected chi connectivity index (χ0v) is 12.5. The fourth-order valence-electron chi connectivity index (χ4n) is 1.84. The van der Waals surface area contributed by atoms with Crippen LogP contribution in [0.15, 0.2) is 4.47 Å². The molecule has 0 aliphatic rings. The van der Waals surface area contributed by atoms with Gasteiger partial charge in [-0.1, -0.05) is 6.92 Å². The first kappa shape index (κ1) is 14.7. The number of aliphatic hydroxyl groups excluding tert-OH is 1. The first-order valence-corrected chi connectivity index (χ1v) is 6.96. The van der Waals surface area contributed by atoms with Gasteiger partial charge in [0.05, 0.1) is 15.9 Å². The van der Waals surface area contributed by atoms with Gasteiger partial charge in [-0.3, -0.25) is 4.68 Å². The number of aliphatic hydroxyl groups is 1. The third kappa shape index (κ3) is 3.79. The molecule has 0 aliphatic carbocycles. The van der Waals surface area contributed by atoms with E-state index in [0.29, 0.717) is 0 Å². The van der Waals surface area contributed by atoms with Crippen LogP contribution in [0.5, 0.6) is 0 Å². The van der Waals surface area contributed by atoms with Crippen molar-refractivity contribution in [3.05, 3.63) is 15.9 Å². The van der Waals surface area contributed by atoms with Crippen molar-refractivity contribution >= 4 is 15.9 Å². The van der Waals surface area contributed by atoms with Crippen LogP contribution in [0.25, 0.3) is 0 Å². The highest BCUT2D eigenvalue weighted by Crippen LogP contribution is 2.23. The number of hydrogen-bond acceptors (Lipinski definition) is 3. The van der Waals surface area contributed by atoms with Crippen LogP contribution in [0, 0.1) is 0 Å². The summed E-state index contributed by atoms with van der Waals surface area (Å²) in [6.45, 7) is 7.13. The third-order valence-corrected chi connectivity index (χ3v) is 3.73. The van der Waals surface area contributed by atoms with Crippen molar-refractivity contribution < 1.29 is 5.11 Å². The minimum absolute atomic E-state index is 0.249. The lowest BCUT2D eigenvalue weighted by molar-refractivity contribution is 0.241. The number of nitrogens with zero attached hydrogens (tertiary/aromatic N) is 3. The normalized spacial score (nSPS) is 11.4. The fraction of sp³-hybridized carbons (Fsp3) is 0.750. The second-order valence-corrected chi connectivity index (χ2v) is 4.98. The summed E-state index contributed by atoms with van der Waals surface area (Å²) in [6, 6.07) is 0. The van der Waals surface area contributed by atoms with E-state index in [1.807, 2.05) is 0 Å². The van der Waals surface area contributed by atoms with E-state index >= 15 is 0 Å². The first-order valence-electron chi connectivity index (χ1n) is 6.17. The summed E-state index contributed by atoms with van der Waals surface area (Å²) < 4.78 is 3.19. The van der Waals surface area contributed by atoms with Gasteiger partial charge in [0.15, 0.2) is 0 Å². The molecule has 1 aromatic heterocycles. The molecule has 1 rings (SSSR count). The Labute approximate surface area is 112 Å². The molecule has 0 amide bonds. The van der Waals surface area contributed by atoms with Gasteiger partial charge in [-0.05, 0) is 42.7 Å². The quantitative estimate of drug-likeness (QED) is 0.838. The Bertz CT molecular complexity index is 352. The fourth-order valence-corrected chi connectivity index (χ4v) is 2.53. The van der Waals surface area contributed by atoms with E-state index < -0.39 is 0 Å². The molecule has 0 aliphatic heterocycles. The molecule has 1 aromatic rings. The Balaban J connectivity index is 2.78. The summed E-state index contributed by atoms with van der Waals surface area (Å²) in [4.78, 5) is 2.21. The van der Waals surface area contributed by atoms with E-state index in [1.165, 1.54) is 5.69 Å². The third-order valence-electron chi connectivity index (χ3n) is 2.81. The minimum Gasteiger partial charge on any atom is -0.396 e. The molecule has 98 valence electrons. The lowest BCUT2D eigenvalue weighted by Gasteiger charge is -2.16. The van der Waals surface area contributed by atoms with Gasteiger partial charge in [-0.25, -0.2) is 0 Å². The Morgan fingerprint density at radius 2 is 2.12 bits per heavy atom. The molecule has 0 atom stereocenters. The maximum absolute atomic E-state index is 8.83. The van der Waals surface area contributed by atoms with E-state index in [9.17, 15) is 0 Å². The highest BCUT2D eigenvalue weighted by molar-refractivity contribution is 9.10. The van der Waals surface area contributed by atoms with Gasteiger partial charge < -0.3 is 10.0 Å². The average molecular weight is 304 g/mol. The lowest BCUT2D eigenvalue weighted by Crippen LogP contribution is -2.22. The lowest BCUT2D eigenvalue weighted by atomic mass is 10.3. The van der Waals surface area contributed by atoms with Crippen molar-refractivity contribution in [2.24, 2.45) is 0 Å². The van der Waals surface area contributed by atoms with Gasteiger partial charge in [0.25, 0.3) is 0 Å². The van der Waals surface area contributed by atoms with Crippen molar-refractivity contribution in [2.75, 3.05) is 20.2 Å². The zero-order chi connectivity index (χ0) is 12.8. The molecule has 0 unspecified atom stereocenters. The summed E-state index contributed by atoms with van der Waals surface area (Å²) >= 11 is 3.64. The molecule has 0 fully saturated rings. The van der Waals surface area contributed by atoms with Gasteiger partial charge >= 0.3 is 0 Å². The number of halogens is 1. The molecule has 0 radical (unpaired) electrons. The zero-order valence-electron chi connectivity index (χ0n) is 10.9. The van der Waals surface area contributed by atoms with E-state index in [4.69, 9.17) is 5.11 Å². The number of rotatable bonds is 7. The van der Waals surface area contributed by atoms with Crippen LogP contribution < -0.4 is 0 Å². The van der Waals surface area contributed by atoms with Crippen LogP contribution >= 0.6 is 15.9 Å². The Kier molecular flexibility index (Phi) is 6.16. The van der Waals surface area contributed by atoms with Crippen LogP contribution in [0.4, 0.5) is 0 Å². The van der Waals surface area contributed by atoms with Gasteiger partial charge in [0, 0.05) is 26.2 Å². The predicted molar refractivity (Wildman–Crippen MR) is 73.0 cm³/mol. The summed E-state index contributed by atoms with van der Waals surface area (Å²) in [7, 11) is 2.07. The first-order chi connectivity index (χ1) is 8.13. The van der Waals surface area contributed by atoms with Crippen LogP contribution in [0.1, 0.15) is 31.7 Å². The van der Waals surface area contributed by atoms with Crippen molar-refractivity contribution in [1.82, 2.24) is 14.7 Å². The molecule has 0 saturated heterocycles. The van der Waals surface area contributed by atoms with Gasteiger partial charge in [0.1, 0.15) is 0 Å². The molecule has 1 heterocycles. The molecule has 5 heteroatoms. The molecule has 1 N–H and O–H groups in total. The molecular weight excluding hydrogens is 282 g/mol. The minimum atomic E-state index is 0.249. The predicted octanol–water partition coefficient (Wildman–Crippen LogP) is 2.04. The molecule has 0 saturated carbocycles. The summed E-state index contributed by atoms with van der Waals surface area (Å²) in [5.41, 5.74) is 2.35. The molecule has 17 heavy (non-hydrogen) atoms. The molecule has 4 nitrogen and oxygen atoms in total. The Hall–Kier alpha value is -0.390. The molecule has 0 bridgehead atoms. The molecule has 0 aromatic carbocycles. The van der Waals surface area contributed by atoms with E-state index in [-0.39, 0.29) is 6.61 Å². The van der Waals surface area contributed by atoms with Crippen LogP contribution in [0.2, 0.25) is 0 Å². The van der Waals surface area contributed by atoms with E-state index in [2.05, 4.69) is 51.5 Å². The number of aryl methyl sites for hydroxylation is 2. The maximum Gasteiger partial charge on any atom is 0.0767 e. The Morgan fingerprint density at radius 3 is 2.65 bits per heavy atom. The second-order valence-electron chi connectivity index (χ2n) is 4.19. The Morgan fingerprint density at radius 1 is 1.41 bits per heavy atom. The van der Waals surface area contributed by atoms with Crippen molar-refractivity contribution in [2.45, 2.75) is 39.8 Å². The number of aromatic nitrogens is 2. The average Bonchev–Trinajstić information content (AvgIpc) is 2.63. The standard InChI is InChI=1S/C12H22BrN3O/c1-4-10-12(13)11(16(5-2)14-10)9-15(3)7-6-8-17/h17H,4-9H2,1-3H3. The smallest absolute Gasteiger partial charge is 0.0767 e. The highest BCUT2D eigenvalue weighted by Gasteiger charge is 2.14. The topological polar surface area (TPSA) is 41.3 Å². The van der Waals surface area contributed by atoms with Gasteiger partial charge in [-0.2, -0.15) is 5.10 Å². The van der Waals surface area contributed by atoms with E-state index in [0.717, 1.165) is 42.6 Å². The van der Waals surface area contributed by atoms with Crippen molar-refractivity contribution in [1.29, 1.82) is 0 Å². The molecule has 0 spiro atoms. The van der Waals surface area contributed by atoms with Gasteiger partial charge in [0.2, 0.25) is 0 Å². The number of hydrogen-bond donors (Lipinski definition) is 1. The maximum atomic E-state index is 8.83. The summed E-state index contributed by atoms with van der Waals surface area (Å²) in [5, 5.41) is 13.4. The van der Waals surface area contributed by atoms with Crippen LogP contribution in [-0.4, -0.2) is 40.0 Å². The summed E-state index contributed by atoms with van der Waals surface area (Å²) in [6.07, 6.45) is 1.76. The molecular formula is C12H22BrN3O. The van der Waals surface area contributed by atoms with E-state index in [1.54, 1.807) is 0 Å². The summed E-state index contributed by atoms with van der Waals surface area (Å²) in [5.74, 6) is 0. The van der Waals surface area contributed by atoms with Crippen LogP contribution in [0.3, 0.4) is 0 Å². The van der Waals surface area contributed by atoms with Crippen molar-refractivity contribution in [3.8, 4) is 0 Å². The second kappa shape index (κ2) is 7.13. The highest BCUT2D eigenvalue weighted by atomic mass is 79.9. The monoisotopic (exact) mass is 303 g/mol. The van der Waals surface area contributed by atoms with Crippen LogP contribution in [-0.2, 0) is 19.5 Å². The SMILES string of the molecule is CCc1nn(CC)c(CN(C)CCCO)c1Br. The van der Waals surface area contributed by atoms with Gasteiger partial charge in [-0.15, -0.1) is 0 Å². The largest absolute Gasteiger partial charge is 0.396 e. The van der Waals surface area contributed by atoms with Crippen molar-refractivity contribution in [3.63, 3.8) is 0 Å².